The number of aryl methyl sites for hydroxylation is 1. The van der Waals surface area contributed by atoms with Gasteiger partial charge in [0.25, 0.3) is 5.91 Å². The zero-order chi connectivity index (χ0) is 21.2. The van der Waals surface area contributed by atoms with Gasteiger partial charge in [0.1, 0.15) is 11.6 Å². The van der Waals surface area contributed by atoms with E-state index >= 15 is 0 Å². The molecular weight excluding hydrogens is 410 g/mol. The predicted octanol–water partition coefficient (Wildman–Crippen LogP) is 5.23. The highest BCUT2D eigenvalue weighted by Crippen LogP contribution is 2.27. The Bertz CT molecular complexity index is 1330. The van der Waals surface area contributed by atoms with Crippen molar-refractivity contribution in [3.05, 3.63) is 89.8 Å². The summed E-state index contributed by atoms with van der Waals surface area (Å²) in [6.07, 6.45) is 3.49. The fourth-order valence-electron chi connectivity index (χ4n) is 3.11. The summed E-state index contributed by atoms with van der Waals surface area (Å²) in [4.78, 5) is 22.0. The molecule has 0 saturated heterocycles. The number of hydrogen-bond donors (Lipinski definition) is 1. The average Bonchev–Trinajstić information content (AvgIpc) is 3.45. The number of nitrogens with one attached hydrogen (secondary N) is 1. The van der Waals surface area contributed by atoms with Crippen LogP contribution in [0.2, 0.25) is 0 Å². The second-order valence-electron chi connectivity index (χ2n) is 6.79. The minimum atomic E-state index is -0.134. The molecule has 7 nitrogen and oxygen atoms in total. The third-order valence-electron chi connectivity index (χ3n) is 4.52. The number of carbonyl (C=O) groups excluding carboxylic acids is 1. The first-order valence-electron chi connectivity index (χ1n) is 9.58. The standard InChI is InChI=1S/C23H17N5O2S/c1-15-25-21(28-12-4-11-24-28)14-22(26-15)30-18-9-7-17(8-10-18)27-23(29)20-13-16-5-2-3-6-19(16)31-20/h2-14H,1H3,(H,27,29). The van der Waals surface area contributed by atoms with Crippen molar-refractivity contribution in [3.8, 4) is 17.4 Å². The first-order valence-corrected chi connectivity index (χ1v) is 10.4. The van der Waals surface area contributed by atoms with E-state index < -0.39 is 0 Å². The molecule has 3 aromatic heterocycles. The van der Waals surface area contributed by atoms with Gasteiger partial charge in [-0.15, -0.1) is 11.3 Å². The number of carbonyl (C=O) groups is 1. The molecule has 3 heterocycles. The van der Waals surface area contributed by atoms with Gasteiger partial charge >= 0.3 is 0 Å². The Morgan fingerprint density at radius 2 is 1.87 bits per heavy atom. The highest BCUT2D eigenvalue weighted by molar-refractivity contribution is 7.20. The number of rotatable bonds is 5. The summed E-state index contributed by atoms with van der Waals surface area (Å²) in [6, 6.07) is 20.5. The van der Waals surface area contributed by atoms with Crippen LogP contribution in [0.4, 0.5) is 5.69 Å². The van der Waals surface area contributed by atoms with Crippen LogP contribution in [0.25, 0.3) is 15.9 Å². The van der Waals surface area contributed by atoms with Crippen LogP contribution in [-0.2, 0) is 0 Å². The van der Waals surface area contributed by atoms with Gasteiger partial charge in [-0.2, -0.15) is 10.1 Å². The van der Waals surface area contributed by atoms with Gasteiger partial charge in [-0.25, -0.2) is 9.67 Å². The van der Waals surface area contributed by atoms with E-state index in [1.807, 2.05) is 36.4 Å². The second kappa shape index (κ2) is 8.00. The second-order valence-corrected chi connectivity index (χ2v) is 7.88. The molecule has 1 amide bonds. The predicted molar refractivity (Wildman–Crippen MR) is 120 cm³/mol. The third-order valence-corrected chi connectivity index (χ3v) is 5.64. The molecule has 31 heavy (non-hydrogen) atoms. The van der Waals surface area contributed by atoms with Crippen molar-refractivity contribution in [2.45, 2.75) is 6.92 Å². The Labute approximate surface area is 182 Å². The molecular formula is C23H17N5O2S. The van der Waals surface area contributed by atoms with Gasteiger partial charge in [0.15, 0.2) is 5.82 Å². The number of thiophene rings is 1. The first kappa shape index (κ1) is 19.0. The highest BCUT2D eigenvalue weighted by Gasteiger charge is 2.11. The van der Waals surface area contributed by atoms with Gasteiger partial charge in [0.2, 0.25) is 5.88 Å². The summed E-state index contributed by atoms with van der Waals surface area (Å²) in [5, 5.41) is 8.18. The molecule has 8 heteroatoms. The molecule has 0 spiro atoms. The molecule has 0 aliphatic heterocycles. The summed E-state index contributed by atoms with van der Waals surface area (Å²) < 4.78 is 8.62. The third kappa shape index (κ3) is 4.15. The number of benzene rings is 2. The maximum atomic E-state index is 12.6. The van der Waals surface area contributed by atoms with Crippen LogP contribution in [0.3, 0.4) is 0 Å². The number of nitrogens with zero attached hydrogens (tertiary/aromatic N) is 4. The molecule has 0 bridgehead atoms. The van der Waals surface area contributed by atoms with E-state index in [0.717, 1.165) is 10.1 Å². The fourth-order valence-corrected chi connectivity index (χ4v) is 4.07. The molecule has 2 aromatic carbocycles. The number of fused-ring (bicyclic) bond motifs is 1. The van der Waals surface area contributed by atoms with Crippen molar-refractivity contribution in [1.29, 1.82) is 0 Å². The van der Waals surface area contributed by atoms with E-state index in [9.17, 15) is 4.79 Å². The lowest BCUT2D eigenvalue weighted by atomic mass is 10.2. The topological polar surface area (TPSA) is 81.9 Å². The van der Waals surface area contributed by atoms with Gasteiger partial charge in [-0.3, -0.25) is 4.79 Å². The normalized spacial score (nSPS) is 10.9. The smallest absolute Gasteiger partial charge is 0.265 e. The number of anilines is 1. The molecule has 152 valence electrons. The molecule has 0 aliphatic carbocycles. The SMILES string of the molecule is Cc1nc(Oc2ccc(NC(=O)c3cc4ccccc4s3)cc2)cc(-n2cccn2)n1. The Morgan fingerprint density at radius 1 is 1.03 bits per heavy atom. The monoisotopic (exact) mass is 427 g/mol. The van der Waals surface area contributed by atoms with Crippen LogP contribution in [0.15, 0.2) is 79.1 Å². The average molecular weight is 427 g/mol. The summed E-state index contributed by atoms with van der Waals surface area (Å²) >= 11 is 1.47. The van der Waals surface area contributed by atoms with Crippen LogP contribution in [0, 0.1) is 6.92 Å². The summed E-state index contributed by atoms with van der Waals surface area (Å²) in [6.45, 7) is 1.80. The molecule has 5 aromatic rings. The van der Waals surface area contributed by atoms with Crippen molar-refractivity contribution in [2.24, 2.45) is 0 Å². The summed E-state index contributed by atoms with van der Waals surface area (Å²) in [5.41, 5.74) is 0.686. The Kier molecular flexibility index (Phi) is 4.89. The maximum Gasteiger partial charge on any atom is 0.265 e. The first-order chi connectivity index (χ1) is 15.1. The van der Waals surface area contributed by atoms with Crippen molar-refractivity contribution >= 4 is 33.0 Å². The maximum absolute atomic E-state index is 12.6. The lowest BCUT2D eigenvalue weighted by Crippen LogP contribution is -2.09. The number of ether oxygens (including phenoxy) is 1. The molecule has 1 N–H and O–H groups in total. The number of amides is 1. The van der Waals surface area contributed by atoms with Crippen LogP contribution in [0.5, 0.6) is 11.6 Å². The molecule has 0 unspecified atom stereocenters. The lowest BCUT2D eigenvalue weighted by molar-refractivity contribution is 0.103. The van der Waals surface area contributed by atoms with Crippen LogP contribution >= 0.6 is 11.3 Å². The van der Waals surface area contributed by atoms with E-state index in [1.54, 1.807) is 54.3 Å². The van der Waals surface area contributed by atoms with E-state index in [1.165, 1.54) is 11.3 Å². The Hall–Kier alpha value is -4.04. The molecule has 0 fully saturated rings. The minimum Gasteiger partial charge on any atom is -0.439 e. The fraction of sp³-hybridized carbons (Fsp3) is 0.0435. The number of hydrogen-bond acceptors (Lipinski definition) is 6. The minimum absolute atomic E-state index is 0.134. The van der Waals surface area contributed by atoms with Gasteiger partial charge < -0.3 is 10.1 Å². The van der Waals surface area contributed by atoms with Crippen LogP contribution in [-0.4, -0.2) is 25.7 Å². The molecule has 0 radical (unpaired) electrons. The highest BCUT2D eigenvalue weighted by atomic mass is 32.1. The quantitative estimate of drug-likeness (QED) is 0.415. The Balaban J connectivity index is 1.29. The van der Waals surface area contributed by atoms with Crippen molar-refractivity contribution in [2.75, 3.05) is 5.32 Å². The van der Waals surface area contributed by atoms with Crippen molar-refractivity contribution < 1.29 is 9.53 Å². The lowest BCUT2D eigenvalue weighted by Gasteiger charge is -2.09. The van der Waals surface area contributed by atoms with E-state index in [2.05, 4.69) is 20.4 Å². The summed E-state index contributed by atoms with van der Waals surface area (Å²) in [7, 11) is 0. The largest absolute Gasteiger partial charge is 0.439 e. The van der Waals surface area contributed by atoms with Crippen LogP contribution in [0.1, 0.15) is 15.5 Å². The van der Waals surface area contributed by atoms with E-state index in [-0.39, 0.29) is 5.91 Å². The molecule has 5 rings (SSSR count). The van der Waals surface area contributed by atoms with Crippen LogP contribution < -0.4 is 10.1 Å². The zero-order valence-corrected chi connectivity index (χ0v) is 17.3. The number of aromatic nitrogens is 4. The van der Waals surface area contributed by atoms with Gasteiger partial charge in [-0.1, -0.05) is 18.2 Å². The van der Waals surface area contributed by atoms with E-state index in [4.69, 9.17) is 4.74 Å². The van der Waals surface area contributed by atoms with Crippen molar-refractivity contribution in [3.63, 3.8) is 0 Å². The summed E-state index contributed by atoms with van der Waals surface area (Å²) in [5.74, 6) is 2.09. The molecule has 0 atom stereocenters. The van der Waals surface area contributed by atoms with Gasteiger partial charge in [0, 0.05) is 28.8 Å². The van der Waals surface area contributed by atoms with Crippen molar-refractivity contribution in [1.82, 2.24) is 19.7 Å². The molecule has 0 saturated carbocycles. The zero-order valence-electron chi connectivity index (χ0n) is 16.5. The van der Waals surface area contributed by atoms with E-state index in [0.29, 0.717) is 33.8 Å². The van der Waals surface area contributed by atoms with Gasteiger partial charge in [0.05, 0.1) is 4.88 Å². The molecule has 0 aliphatic rings. The van der Waals surface area contributed by atoms with Gasteiger partial charge in [-0.05, 0) is 54.8 Å². The Morgan fingerprint density at radius 3 is 2.65 bits per heavy atom.